The molecule has 3 aromatic rings. The van der Waals surface area contributed by atoms with Gasteiger partial charge in [-0.3, -0.25) is 9.20 Å². The molecular weight excluding hydrogens is 541 g/mol. The van der Waals surface area contributed by atoms with Crippen molar-refractivity contribution in [2.45, 2.75) is 37.8 Å². The Morgan fingerprint density at radius 3 is 2.80 bits per heavy atom. The van der Waals surface area contributed by atoms with Crippen LogP contribution in [0.2, 0.25) is 0 Å². The molecule has 1 amide bonds. The van der Waals surface area contributed by atoms with Crippen LogP contribution in [0.25, 0.3) is 5.65 Å². The smallest absolute Gasteiger partial charge is 0.303 e. The molecule has 1 N–H and O–H groups in total. The van der Waals surface area contributed by atoms with Crippen molar-refractivity contribution in [1.82, 2.24) is 18.4 Å². The minimum Gasteiger partial charge on any atom is -0.490 e. The van der Waals surface area contributed by atoms with E-state index in [0.717, 1.165) is 47.8 Å². The fraction of sp³-hybridized carbons (Fsp3) is 0.481. The Labute approximate surface area is 233 Å². The summed E-state index contributed by atoms with van der Waals surface area (Å²) in [6, 6.07) is 8.18. The van der Waals surface area contributed by atoms with Crippen LogP contribution >= 0.6 is 0 Å². The molecule has 0 radical (unpaired) electrons. The van der Waals surface area contributed by atoms with Crippen LogP contribution in [0.1, 0.15) is 47.8 Å². The van der Waals surface area contributed by atoms with E-state index in [0.29, 0.717) is 24.6 Å². The van der Waals surface area contributed by atoms with Crippen molar-refractivity contribution in [1.29, 1.82) is 0 Å². The fourth-order valence-electron chi connectivity index (χ4n) is 5.15. The second kappa shape index (κ2) is 12.1. The molecule has 4 heterocycles. The number of nitrogens with one attached hydrogen (secondary N) is 1. The number of aromatic nitrogens is 2. The summed E-state index contributed by atoms with van der Waals surface area (Å²) in [6.45, 7) is 2.28. The summed E-state index contributed by atoms with van der Waals surface area (Å²) in [7, 11) is -1.24. The van der Waals surface area contributed by atoms with Crippen LogP contribution < -0.4 is 14.4 Å². The lowest BCUT2D eigenvalue weighted by Gasteiger charge is -2.30. The van der Waals surface area contributed by atoms with Crippen LogP contribution in [0.3, 0.4) is 0 Å². The third-order valence-corrected chi connectivity index (χ3v) is 8.79. The molecule has 40 heavy (non-hydrogen) atoms. The molecule has 2 aliphatic rings. The fourth-order valence-corrected chi connectivity index (χ4v) is 5.96. The lowest BCUT2D eigenvalue weighted by Crippen LogP contribution is -2.43. The molecule has 216 valence electrons. The third-order valence-electron chi connectivity index (χ3n) is 7.34. The van der Waals surface area contributed by atoms with E-state index in [1.165, 1.54) is 32.5 Å². The van der Waals surface area contributed by atoms with E-state index < -0.39 is 16.1 Å². The molecule has 2 fully saturated rings. The maximum atomic E-state index is 14.5. The topological polar surface area (TPSA) is 115 Å². The zero-order chi connectivity index (χ0) is 28.3. The van der Waals surface area contributed by atoms with Gasteiger partial charge in [0, 0.05) is 51.8 Å². The SMILES string of the molecule is COCCN(C)S(=O)(=O)NC(=O)c1cnc2ccc(N3CCCC3c3cc(F)ccc3OC3CCOCC3)cn12. The van der Waals surface area contributed by atoms with Gasteiger partial charge in [-0.15, -0.1) is 0 Å². The van der Waals surface area contributed by atoms with Gasteiger partial charge in [0.25, 0.3) is 5.91 Å². The van der Waals surface area contributed by atoms with Gasteiger partial charge < -0.3 is 19.1 Å². The number of halogens is 1. The quantitative estimate of drug-likeness (QED) is 0.393. The standard InChI is InChI=1S/C27H34FN5O6S/c1-31(12-15-37-2)40(35,36)30-27(34)24-17-29-26-8-6-20(18-33(24)26)32-11-3-4-23(32)22-16-19(28)5-7-25(22)39-21-9-13-38-14-10-21/h5-8,16-18,21,23H,3-4,9-15H2,1-2H3,(H,30,34). The Bertz CT molecular complexity index is 1460. The summed E-state index contributed by atoms with van der Waals surface area (Å²) >= 11 is 0. The Morgan fingerprint density at radius 1 is 1.23 bits per heavy atom. The second-order valence-electron chi connectivity index (χ2n) is 9.97. The van der Waals surface area contributed by atoms with Crippen LogP contribution in [0.15, 0.2) is 42.7 Å². The highest BCUT2D eigenvalue weighted by molar-refractivity contribution is 7.87. The Kier molecular flexibility index (Phi) is 8.54. The summed E-state index contributed by atoms with van der Waals surface area (Å²) in [5.41, 5.74) is 2.14. The van der Waals surface area contributed by atoms with Crippen LogP contribution in [-0.4, -0.2) is 81.2 Å². The first-order valence-electron chi connectivity index (χ1n) is 13.3. The number of fused-ring (bicyclic) bond motifs is 1. The number of carbonyl (C=O) groups is 1. The number of hydrogen-bond donors (Lipinski definition) is 1. The number of carbonyl (C=O) groups excluding carboxylic acids is 1. The van der Waals surface area contributed by atoms with Crippen molar-refractivity contribution in [3.05, 3.63) is 59.8 Å². The highest BCUT2D eigenvalue weighted by Gasteiger charge is 2.31. The van der Waals surface area contributed by atoms with E-state index in [9.17, 15) is 17.6 Å². The maximum absolute atomic E-state index is 14.5. The number of nitrogens with zero attached hydrogens (tertiary/aromatic N) is 4. The molecule has 0 aliphatic carbocycles. The highest BCUT2D eigenvalue weighted by Crippen LogP contribution is 2.41. The number of pyridine rings is 1. The molecule has 2 aliphatic heterocycles. The van der Waals surface area contributed by atoms with Gasteiger partial charge >= 0.3 is 10.2 Å². The summed E-state index contributed by atoms with van der Waals surface area (Å²) in [4.78, 5) is 19.4. The molecule has 2 aromatic heterocycles. The maximum Gasteiger partial charge on any atom is 0.303 e. The molecular formula is C27H34FN5O6S. The number of rotatable bonds is 10. The molecule has 0 spiro atoms. The number of anilines is 1. The molecule has 1 aromatic carbocycles. The van der Waals surface area contributed by atoms with Crippen LogP contribution in [0, 0.1) is 5.82 Å². The van der Waals surface area contributed by atoms with Crippen LogP contribution in [-0.2, 0) is 19.7 Å². The van der Waals surface area contributed by atoms with Crippen molar-refractivity contribution >= 4 is 27.5 Å². The van der Waals surface area contributed by atoms with E-state index in [1.807, 2.05) is 6.07 Å². The van der Waals surface area contributed by atoms with Gasteiger partial charge in [-0.1, -0.05) is 0 Å². The zero-order valence-corrected chi connectivity index (χ0v) is 23.4. The molecule has 2 saturated heterocycles. The van der Waals surface area contributed by atoms with E-state index in [-0.39, 0.29) is 36.8 Å². The highest BCUT2D eigenvalue weighted by atomic mass is 32.2. The van der Waals surface area contributed by atoms with Crippen LogP contribution in [0.5, 0.6) is 5.75 Å². The first-order valence-corrected chi connectivity index (χ1v) is 14.8. The van der Waals surface area contributed by atoms with Crippen molar-refractivity contribution in [3.8, 4) is 5.75 Å². The molecule has 11 nitrogen and oxygen atoms in total. The largest absolute Gasteiger partial charge is 0.490 e. The average Bonchev–Trinajstić information content (AvgIpc) is 3.60. The number of ether oxygens (including phenoxy) is 3. The molecule has 0 saturated carbocycles. The number of amides is 1. The average molecular weight is 576 g/mol. The van der Waals surface area contributed by atoms with Crippen molar-refractivity contribution in [3.63, 3.8) is 0 Å². The van der Waals surface area contributed by atoms with Gasteiger partial charge in [-0.05, 0) is 43.2 Å². The summed E-state index contributed by atoms with van der Waals surface area (Å²) in [5, 5.41) is 0. The normalized spacial score (nSPS) is 18.5. The van der Waals surface area contributed by atoms with Crippen molar-refractivity contribution in [2.75, 3.05) is 52.0 Å². The lowest BCUT2D eigenvalue weighted by atomic mass is 10.0. The third kappa shape index (κ3) is 6.07. The van der Waals surface area contributed by atoms with Gasteiger partial charge in [-0.25, -0.2) is 14.1 Å². The molecule has 1 atom stereocenters. The monoisotopic (exact) mass is 575 g/mol. The number of likely N-dealkylation sites (N-methyl/N-ethyl adjacent to an activating group) is 1. The number of methoxy groups -OCH3 is 1. The van der Waals surface area contributed by atoms with Gasteiger partial charge in [0.15, 0.2) is 0 Å². The Morgan fingerprint density at radius 2 is 2.02 bits per heavy atom. The van der Waals surface area contributed by atoms with E-state index in [1.54, 1.807) is 22.7 Å². The predicted molar refractivity (Wildman–Crippen MR) is 146 cm³/mol. The molecule has 13 heteroatoms. The lowest BCUT2D eigenvalue weighted by molar-refractivity contribution is 0.0250. The zero-order valence-electron chi connectivity index (χ0n) is 22.6. The predicted octanol–water partition coefficient (Wildman–Crippen LogP) is 2.93. The number of benzene rings is 1. The van der Waals surface area contributed by atoms with E-state index in [4.69, 9.17) is 14.2 Å². The Hall–Kier alpha value is -3.26. The first kappa shape index (κ1) is 28.3. The van der Waals surface area contributed by atoms with Crippen LogP contribution in [0.4, 0.5) is 10.1 Å². The van der Waals surface area contributed by atoms with Crippen molar-refractivity contribution < 1.29 is 31.8 Å². The van der Waals surface area contributed by atoms with Gasteiger partial charge in [0.1, 0.15) is 29.0 Å². The van der Waals surface area contributed by atoms with E-state index >= 15 is 0 Å². The molecule has 5 rings (SSSR count). The summed E-state index contributed by atoms with van der Waals surface area (Å²) < 4.78 is 61.1. The second-order valence-corrected chi connectivity index (χ2v) is 11.8. The number of imidazole rings is 1. The van der Waals surface area contributed by atoms with Gasteiger partial charge in [0.05, 0.1) is 37.7 Å². The van der Waals surface area contributed by atoms with Crippen molar-refractivity contribution in [2.24, 2.45) is 0 Å². The Balaban J connectivity index is 1.41. The first-order chi connectivity index (χ1) is 19.3. The minimum absolute atomic E-state index is 0.0148. The number of hydrogen-bond acceptors (Lipinski definition) is 8. The molecule has 1 unspecified atom stereocenters. The van der Waals surface area contributed by atoms with Gasteiger partial charge in [0.2, 0.25) is 0 Å². The van der Waals surface area contributed by atoms with E-state index in [2.05, 4.69) is 14.6 Å². The van der Waals surface area contributed by atoms with Gasteiger partial charge in [-0.2, -0.15) is 12.7 Å². The minimum atomic E-state index is -4.07. The molecule has 0 bridgehead atoms. The summed E-state index contributed by atoms with van der Waals surface area (Å²) in [5.74, 6) is -0.470. The summed E-state index contributed by atoms with van der Waals surface area (Å²) in [6.07, 6.45) is 6.37.